The molecule has 1 N–H and O–H groups in total. The highest BCUT2D eigenvalue weighted by molar-refractivity contribution is 9.11. The molecule has 1 atom stereocenters. The first kappa shape index (κ1) is 10.9. The molecule has 0 aliphatic heterocycles. The van der Waals surface area contributed by atoms with Gasteiger partial charge in [0, 0.05) is 15.1 Å². The van der Waals surface area contributed by atoms with E-state index in [-0.39, 0.29) is 0 Å². The first-order valence-corrected chi connectivity index (χ1v) is 5.35. The highest BCUT2D eigenvalue weighted by atomic mass is 79.9. The summed E-state index contributed by atoms with van der Waals surface area (Å²) in [6.45, 7) is 1.70. The lowest BCUT2D eigenvalue weighted by Crippen LogP contribution is -1.92. The van der Waals surface area contributed by atoms with E-state index in [1.54, 1.807) is 25.3 Å². The minimum absolute atomic E-state index is 0.447. The van der Waals surface area contributed by atoms with Crippen LogP contribution >= 0.6 is 31.9 Å². The Bertz CT molecular complexity index is 323. The first-order chi connectivity index (χ1) is 6.09. The van der Waals surface area contributed by atoms with Gasteiger partial charge in [-0.05, 0) is 50.9 Å². The third kappa shape index (κ3) is 3.58. The molecule has 1 aromatic rings. The van der Waals surface area contributed by atoms with Crippen LogP contribution in [0.1, 0.15) is 12.6 Å². The normalized spacial score (nSPS) is 13.5. The summed E-state index contributed by atoms with van der Waals surface area (Å²) in [4.78, 5) is 4.16. The monoisotopic (exact) mass is 305 g/mol. The number of aromatic nitrogens is 1. The van der Waals surface area contributed by atoms with Crippen molar-refractivity contribution in [1.29, 1.82) is 0 Å². The summed E-state index contributed by atoms with van der Waals surface area (Å²) >= 11 is 6.68. The molecule has 1 heterocycles. The van der Waals surface area contributed by atoms with E-state index >= 15 is 0 Å². The van der Waals surface area contributed by atoms with E-state index in [1.807, 2.05) is 6.07 Å². The maximum Gasteiger partial charge on any atom is 0.0770 e. The van der Waals surface area contributed by atoms with E-state index in [2.05, 4.69) is 36.8 Å². The molecule has 0 radical (unpaired) electrons. The van der Waals surface area contributed by atoms with E-state index in [0.29, 0.717) is 0 Å². The van der Waals surface area contributed by atoms with Gasteiger partial charge in [-0.2, -0.15) is 0 Å². The molecule has 0 saturated heterocycles. The Labute approximate surface area is 94.0 Å². The fourth-order valence-corrected chi connectivity index (χ4v) is 1.90. The second kappa shape index (κ2) is 4.88. The lowest BCUT2D eigenvalue weighted by molar-refractivity contribution is 0.245. The molecule has 70 valence electrons. The topological polar surface area (TPSA) is 33.1 Å². The van der Waals surface area contributed by atoms with Crippen molar-refractivity contribution in [1.82, 2.24) is 4.98 Å². The van der Waals surface area contributed by atoms with E-state index in [0.717, 1.165) is 14.6 Å². The van der Waals surface area contributed by atoms with Crippen LogP contribution in [0, 0.1) is 0 Å². The van der Waals surface area contributed by atoms with Gasteiger partial charge in [0.1, 0.15) is 0 Å². The SMILES string of the molecule is CC(O)/C=C/c1ncc(Br)cc1Br. The summed E-state index contributed by atoms with van der Waals surface area (Å²) in [5.41, 5.74) is 0.809. The third-order valence-electron chi connectivity index (χ3n) is 1.37. The van der Waals surface area contributed by atoms with Crippen molar-refractivity contribution < 1.29 is 5.11 Å². The molecule has 0 saturated carbocycles. The summed E-state index contributed by atoms with van der Waals surface area (Å²) in [6.07, 6.45) is 4.73. The molecule has 0 amide bonds. The Balaban J connectivity index is 2.90. The molecule has 4 heteroatoms. The maximum atomic E-state index is 9.02. The van der Waals surface area contributed by atoms with Crippen LogP contribution in [0.15, 0.2) is 27.3 Å². The van der Waals surface area contributed by atoms with Crippen LogP contribution in [0.3, 0.4) is 0 Å². The standard InChI is InChI=1S/C9H9Br2NO/c1-6(13)2-3-9-8(11)4-7(10)5-12-9/h2-6,13H,1H3/b3-2+. The van der Waals surface area contributed by atoms with Crippen molar-refractivity contribution in [2.75, 3.05) is 0 Å². The van der Waals surface area contributed by atoms with Crippen molar-refractivity contribution in [3.05, 3.63) is 33.0 Å². The summed E-state index contributed by atoms with van der Waals surface area (Å²) in [6, 6.07) is 1.91. The van der Waals surface area contributed by atoms with E-state index < -0.39 is 6.10 Å². The number of pyridine rings is 1. The molecule has 2 nitrogen and oxygen atoms in total. The fourth-order valence-electron chi connectivity index (χ4n) is 0.778. The average molecular weight is 307 g/mol. The third-order valence-corrected chi connectivity index (χ3v) is 2.44. The molecule has 13 heavy (non-hydrogen) atoms. The van der Waals surface area contributed by atoms with Gasteiger partial charge < -0.3 is 5.11 Å². The molecule has 1 unspecified atom stereocenters. The van der Waals surface area contributed by atoms with Gasteiger partial charge in [0.15, 0.2) is 0 Å². The molecule has 0 fully saturated rings. The molecule has 0 bridgehead atoms. The van der Waals surface area contributed by atoms with Gasteiger partial charge in [0.05, 0.1) is 11.8 Å². The zero-order valence-corrected chi connectivity index (χ0v) is 10.2. The Hall–Kier alpha value is -0.190. The van der Waals surface area contributed by atoms with Crippen LogP contribution in [0.2, 0.25) is 0 Å². The lowest BCUT2D eigenvalue weighted by atomic mass is 10.3. The van der Waals surface area contributed by atoms with Crippen molar-refractivity contribution in [3.63, 3.8) is 0 Å². The number of rotatable bonds is 2. The molecule has 0 aliphatic rings. The predicted octanol–water partition coefficient (Wildman–Crippen LogP) is 3.00. The zero-order valence-electron chi connectivity index (χ0n) is 7.04. The number of aliphatic hydroxyl groups excluding tert-OH is 1. The second-order valence-electron chi connectivity index (χ2n) is 2.62. The van der Waals surface area contributed by atoms with Crippen LogP contribution in [-0.4, -0.2) is 16.2 Å². The Morgan fingerprint density at radius 3 is 2.77 bits per heavy atom. The van der Waals surface area contributed by atoms with E-state index in [4.69, 9.17) is 5.11 Å². The Morgan fingerprint density at radius 2 is 2.23 bits per heavy atom. The molecular formula is C9H9Br2NO. The highest BCUT2D eigenvalue weighted by Crippen LogP contribution is 2.20. The van der Waals surface area contributed by atoms with Crippen LogP contribution in [0.25, 0.3) is 6.08 Å². The number of nitrogens with zero attached hydrogens (tertiary/aromatic N) is 1. The van der Waals surface area contributed by atoms with Gasteiger partial charge >= 0.3 is 0 Å². The summed E-state index contributed by atoms with van der Waals surface area (Å²) in [7, 11) is 0. The van der Waals surface area contributed by atoms with Crippen molar-refractivity contribution >= 4 is 37.9 Å². The number of hydrogen-bond acceptors (Lipinski definition) is 2. The molecule has 0 spiro atoms. The van der Waals surface area contributed by atoms with Crippen LogP contribution in [-0.2, 0) is 0 Å². The Kier molecular flexibility index (Phi) is 4.09. The molecule has 0 aromatic carbocycles. The highest BCUT2D eigenvalue weighted by Gasteiger charge is 1.98. The van der Waals surface area contributed by atoms with Gasteiger partial charge in [-0.25, -0.2) is 0 Å². The van der Waals surface area contributed by atoms with Crippen LogP contribution < -0.4 is 0 Å². The number of halogens is 2. The van der Waals surface area contributed by atoms with Crippen LogP contribution in [0.4, 0.5) is 0 Å². The predicted molar refractivity (Wildman–Crippen MR) is 60.4 cm³/mol. The van der Waals surface area contributed by atoms with Gasteiger partial charge in [0.25, 0.3) is 0 Å². The van der Waals surface area contributed by atoms with E-state index in [9.17, 15) is 0 Å². The lowest BCUT2D eigenvalue weighted by Gasteiger charge is -1.98. The fraction of sp³-hybridized carbons (Fsp3) is 0.222. The first-order valence-electron chi connectivity index (χ1n) is 3.77. The van der Waals surface area contributed by atoms with Crippen molar-refractivity contribution in [2.24, 2.45) is 0 Å². The van der Waals surface area contributed by atoms with Gasteiger partial charge in [0.2, 0.25) is 0 Å². The van der Waals surface area contributed by atoms with Crippen molar-refractivity contribution in [2.45, 2.75) is 13.0 Å². The minimum Gasteiger partial charge on any atom is -0.389 e. The van der Waals surface area contributed by atoms with E-state index in [1.165, 1.54) is 0 Å². The second-order valence-corrected chi connectivity index (χ2v) is 4.39. The molecule has 1 aromatic heterocycles. The Morgan fingerprint density at radius 1 is 1.54 bits per heavy atom. The smallest absolute Gasteiger partial charge is 0.0770 e. The van der Waals surface area contributed by atoms with Crippen molar-refractivity contribution in [3.8, 4) is 0 Å². The van der Waals surface area contributed by atoms with Gasteiger partial charge in [-0.15, -0.1) is 0 Å². The van der Waals surface area contributed by atoms with Crippen LogP contribution in [0.5, 0.6) is 0 Å². The van der Waals surface area contributed by atoms with Gasteiger partial charge in [-0.1, -0.05) is 6.08 Å². The summed E-state index contributed by atoms with van der Waals surface area (Å²) in [5.74, 6) is 0. The molecular weight excluding hydrogens is 298 g/mol. The summed E-state index contributed by atoms with van der Waals surface area (Å²) < 4.78 is 1.83. The average Bonchev–Trinajstić information content (AvgIpc) is 2.02. The molecule has 0 aliphatic carbocycles. The maximum absolute atomic E-state index is 9.02. The summed E-state index contributed by atoms with van der Waals surface area (Å²) in [5, 5.41) is 9.02. The number of hydrogen-bond donors (Lipinski definition) is 1. The largest absolute Gasteiger partial charge is 0.389 e. The molecule has 1 rings (SSSR count). The quantitative estimate of drug-likeness (QED) is 0.911. The number of aliphatic hydroxyl groups is 1. The van der Waals surface area contributed by atoms with Gasteiger partial charge in [-0.3, -0.25) is 4.98 Å². The zero-order chi connectivity index (χ0) is 9.84. The minimum atomic E-state index is -0.447.